The summed E-state index contributed by atoms with van der Waals surface area (Å²) in [5.74, 6) is 1.05. The van der Waals surface area contributed by atoms with E-state index < -0.39 is 0 Å². The van der Waals surface area contributed by atoms with Gasteiger partial charge in [0.1, 0.15) is 0 Å². The van der Waals surface area contributed by atoms with Gasteiger partial charge in [-0.15, -0.1) is 0 Å². The molecule has 134 valence electrons. The Hall–Kier alpha value is -2.11. The fraction of sp³-hybridized carbons (Fsp3) is 0.278. The molecular weight excluding hydrogens is 363 g/mol. The van der Waals surface area contributed by atoms with Crippen molar-refractivity contribution in [1.29, 1.82) is 0 Å². The Morgan fingerprint density at radius 2 is 1.60 bits per heavy atom. The number of anilines is 2. The van der Waals surface area contributed by atoms with E-state index in [0.29, 0.717) is 46.1 Å². The van der Waals surface area contributed by atoms with Crippen molar-refractivity contribution in [2.45, 2.75) is 13.8 Å². The van der Waals surface area contributed by atoms with Crippen LogP contribution >= 0.6 is 23.2 Å². The smallest absolute Gasteiger partial charge is 0.243 e. The van der Waals surface area contributed by atoms with Gasteiger partial charge in [-0.3, -0.25) is 4.79 Å². The number of hydrogen-bond acceptors (Lipinski definition) is 4. The topological polar surface area (TPSA) is 59.6 Å². The van der Waals surface area contributed by atoms with Crippen molar-refractivity contribution in [2.75, 3.05) is 30.4 Å². The fourth-order valence-electron chi connectivity index (χ4n) is 2.12. The van der Waals surface area contributed by atoms with E-state index in [1.165, 1.54) is 0 Å². The molecule has 25 heavy (non-hydrogen) atoms. The third kappa shape index (κ3) is 5.73. The lowest BCUT2D eigenvalue weighted by atomic mass is 10.2. The maximum absolute atomic E-state index is 12.1. The van der Waals surface area contributed by atoms with E-state index >= 15 is 0 Å². The van der Waals surface area contributed by atoms with Crippen LogP contribution in [0.15, 0.2) is 36.4 Å². The van der Waals surface area contributed by atoms with E-state index in [2.05, 4.69) is 10.6 Å². The molecule has 0 unspecified atom stereocenters. The summed E-state index contributed by atoms with van der Waals surface area (Å²) in [6, 6.07) is 10.4. The molecule has 7 heteroatoms. The molecule has 0 radical (unpaired) electrons. The molecule has 0 bridgehead atoms. The Kier molecular flexibility index (Phi) is 7.22. The van der Waals surface area contributed by atoms with Crippen LogP contribution in [0.4, 0.5) is 11.4 Å². The van der Waals surface area contributed by atoms with Crippen LogP contribution < -0.4 is 20.1 Å². The van der Waals surface area contributed by atoms with Gasteiger partial charge in [-0.2, -0.15) is 0 Å². The van der Waals surface area contributed by atoms with E-state index in [0.717, 1.165) is 0 Å². The third-order valence-corrected chi connectivity index (χ3v) is 3.94. The maximum atomic E-state index is 12.1. The van der Waals surface area contributed by atoms with Crippen LogP contribution in [-0.2, 0) is 4.79 Å². The lowest BCUT2D eigenvalue weighted by Crippen LogP contribution is -2.21. The molecule has 0 aromatic heterocycles. The van der Waals surface area contributed by atoms with Gasteiger partial charge in [0.05, 0.1) is 29.8 Å². The van der Waals surface area contributed by atoms with Gasteiger partial charge in [-0.25, -0.2) is 0 Å². The van der Waals surface area contributed by atoms with Crippen LogP contribution in [0.5, 0.6) is 11.5 Å². The highest BCUT2D eigenvalue weighted by atomic mass is 35.5. The van der Waals surface area contributed by atoms with Crippen molar-refractivity contribution in [3.05, 3.63) is 46.4 Å². The standard InChI is InChI=1S/C18H20Cl2N2O3/c1-3-24-16-8-6-13(10-17(16)25-4-2)22-18(23)11-21-12-5-7-14(19)15(20)9-12/h5-10,21H,3-4,11H2,1-2H3,(H,22,23). The first-order valence-corrected chi connectivity index (χ1v) is 8.67. The Morgan fingerprint density at radius 1 is 0.920 bits per heavy atom. The Bertz CT molecular complexity index is 738. The zero-order chi connectivity index (χ0) is 18.2. The number of benzene rings is 2. The minimum Gasteiger partial charge on any atom is -0.490 e. The van der Waals surface area contributed by atoms with Gasteiger partial charge in [-0.05, 0) is 44.2 Å². The molecule has 2 aromatic rings. The van der Waals surface area contributed by atoms with E-state index in [-0.39, 0.29) is 12.5 Å². The third-order valence-electron chi connectivity index (χ3n) is 3.20. The second-order valence-electron chi connectivity index (χ2n) is 5.06. The number of halogens is 2. The largest absolute Gasteiger partial charge is 0.490 e. The SMILES string of the molecule is CCOc1ccc(NC(=O)CNc2ccc(Cl)c(Cl)c2)cc1OCC. The molecule has 0 heterocycles. The zero-order valence-corrected chi connectivity index (χ0v) is 15.6. The molecular formula is C18H20Cl2N2O3. The minimum atomic E-state index is -0.197. The van der Waals surface area contributed by atoms with Crippen molar-refractivity contribution in [3.63, 3.8) is 0 Å². The van der Waals surface area contributed by atoms with E-state index in [4.69, 9.17) is 32.7 Å². The number of rotatable bonds is 8. The van der Waals surface area contributed by atoms with Crippen molar-refractivity contribution >= 4 is 40.5 Å². The average Bonchev–Trinajstić information content (AvgIpc) is 2.59. The highest BCUT2D eigenvalue weighted by molar-refractivity contribution is 6.42. The van der Waals surface area contributed by atoms with Crippen LogP contribution in [0.3, 0.4) is 0 Å². The summed E-state index contributed by atoms with van der Waals surface area (Å²) < 4.78 is 11.0. The first kappa shape index (κ1) is 19.2. The number of nitrogens with one attached hydrogen (secondary N) is 2. The summed E-state index contributed by atoms with van der Waals surface area (Å²) in [5, 5.41) is 6.70. The van der Waals surface area contributed by atoms with E-state index in [9.17, 15) is 4.79 Å². The van der Waals surface area contributed by atoms with Gasteiger partial charge in [0.25, 0.3) is 0 Å². The average molecular weight is 383 g/mol. The van der Waals surface area contributed by atoms with Crippen molar-refractivity contribution in [2.24, 2.45) is 0 Å². The lowest BCUT2D eigenvalue weighted by molar-refractivity contribution is -0.114. The molecule has 0 spiro atoms. The molecule has 2 rings (SSSR count). The van der Waals surface area contributed by atoms with Crippen LogP contribution in [0.25, 0.3) is 0 Å². The van der Waals surface area contributed by atoms with Gasteiger partial charge >= 0.3 is 0 Å². The second kappa shape index (κ2) is 9.39. The van der Waals surface area contributed by atoms with E-state index in [1.54, 1.807) is 36.4 Å². The van der Waals surface area contributed by atoms with Gasteiger partial charge < -0.3 is 20.1 Å². The normalized spacial score (nSPS) is 10.2. The Balaban J connectivity index is 1.97. The van der Waals surface area contributed by atoms with Gasteiger partial charge in [0.2, 0.25) is 5.91 Å². The summed E-state index contributed by atoms with van der Waals surface area (Å²) in [6.45, 7) is 4.94. The summed E-state index contributed by atoms with van der Waals surface area (Å²) in [4.78, 5) is 12.1. The molecule has 0 aliphatic rings. The first-order chi connectivity index (χ1) is 12.0. The van der Waals surface area contributed by atoms with Crippen LogP contribution in [0, 0.1) is 0 Å². The highest BCUT2D eigenvalue weighted by Gasteiger charge is 2.09. The van der Waals surface area contributed by atoms with Crippen LogP contribution in [0.1, 0.15) is 13.8 Å². The van der Waals surface area contributed by atoms with Crippen LogP contribution in [0.2, 0.25) is 10.0 Å². The number of ether oxygens (including phenoxy) is 2. The predicted octanol–water partition coefficient (Wildman–Crippen LogP) is 4.84. The van der Waals surface area contributed by atoms with Crippen molar-refractivity contribution in [3.8, 4) is 11.5 Å². The maximum Gasteiger partial charge on any atom is 0.243 e. The summed E-state index contributed by atoms with van der Waals surface area (Å²) in [6.07, 6.45) is 0. The number of carbonyl (C=O) groups excluding carboxylic acids is 1. The molecule has 2 N–H and O–H groups in total. The monoisotopic (exact) mass is 382 g/mol. The summed E-state index contributed by atoms with van der Waals surface area (Å²) in [5.41, 5.74) is 1.35. The van der Waals surface area contributed by atoms with E-state index in [1.807, 2.05) is 13.8 Å². The fourth-order valence-corrected chi connectivity index (χ4v) is 2.42. The highest BCUT2D eigenvalue weighted by Crippen LogP contribution is 2.30. The molecule has 2 aromatic carbocycles. The number of hydrogen-bond donors (Lipinski definition) is 2. The van der Waals surface area contributed by atoms with Crippen LogP contribution in [-0.4, -0.2) is 25.7 Å². The summed E-state index contributed by atoms with van der Waals surface area (Å²) in [7, 11) is 0. The lowest BCUT2D eigenvalue weighted by Gasteiger charge is -2.13. The number of carbonyl (C=O) groups is 1. The molecule has 0 aliphatic heterocycles. The molecule has 0 aliphatic carbocycles. The minimum absolute atomic E-state index is 0.0924. The van der Waals surface area contributed by atoms with Gasteiger partial charge in [-0.1, -0.05) is 23.2 Å². The van der Waals surface area contributed by atoms with Crippen molar-refractivity contribution < 1.29 is 14.3 Å². The molecule has 0 saturated heterocycles. The number of amides is 1. The van der Waals surface area contributed by atoms with Gasteiger partial charge in [0.15, 0.2) is 11.5 Å². The summed E-state index contributed by atoms with van der Waals surface area (Å²) >= 11 is 11.8. The predicted molar refractivity (Wildman–Crippen MR) is 102 cm³/mol. The molecule has 1 amide bonds. The zero-order valence-electron chi connectivity index (χ0n) is 14.1. The van der Waals surface area contributed by atoms with Crippen molar-refractivity contribution in [1.82, 2.24) is 0 Å². The molecule has 0 atom stereocenters. The molecule has 0 fully saturated rings. The van der Waals surface area contributed by atoms with Gasteiger partial charge in [0, 0.05) is 17.4 Å². The molecule has 5 nitrogen and oxygen atoms in total. The molecule has 0 saturated carbocycles. The Labute approximate surface area is 157 Å². The quantitative estimate of drug-likeness (QED) is 0.685. The first-order valence-electron chi connectivity index (χ1n) is 7.92. The second-order valence-corrected chi connectivity index (χ2v) is 5.87. The Morgan fingerprint density at radius 3 is 2.28 bits per heavy atom.